The Morgan fingerprint density at radius 2 is 2.00 bits per heavy atom. The fourth-order valence-corrected chi connectivity index (χ4v) is 2.88. The minimum absolute atomic E-state index is 0.692. The first-order valence-corrected chi connectivity index (χ1v) is 7.64. The molecule has 0 aliphatic rings. The van der Waals surface area contributed by atoms with E-state index < -0.39 is 0 Å². The molecule has 1 heterocycles. The van der Waals surface area contributed by atoms with Crippen molar-refractivity contribution in [3.8, 4) is 11.5 Å². The highest BCUT2D eigenvalue weighted by atomic mass is 79.9. The van der Waals surface area contributed by atoms with E-state index in [1.165, 1.54) is 0 Å². The van der Waals surface area contributed by atoms with Gasteiger partial charge in [-0.3, -0.25) is 4.98 Å². The second-order valence-corrected chi connectivity index (χ2v) is 5.28. The van der Waals surface area contributed by atoms with Crippen molar-refractivity contribution >= 4 is 38.4 Å². The summed E-state index contributed by atoms with van der Waals surface area (Å²) >= 11 is 9.59. The van der Waals surface area contributed by atoms with E-state index in [0.717, 1.165) is 33.3 Å². The number of nitrogens with zero attached hydrogens (tertiary/aromatic N) is 1. The Bertz CT molecular complexity index is 755. The fourth-order valence-electron chi connectivity index (χ4n) is 1.99. The van der Waals surface area contributed by atoms with Gasteiger partial charge in [0.2, 0.25) is 0 Å². The molecule has 0 spiro atoms. The van der Waals surface area contributed by atoms with Crippen molar-refractivity contribution in [1.29, 1.82) is 0 Å². The highest BCUT2D eigenvalue weighted by Gasteiger charge is 2.06. The molecule has 2 nitrogen and oxygen atoms in total. The minimum atomic E-state index is 0.692. The summed E-state index contributed by atoms with van der Waals surface area (Å²) in [6.45, 7) is 0. The average Bonchev–Trinajstić information content (AvgIpc) is 2.48. The maximum Gasteiger partial charge on any atom is 0.136 e. The summed E-state index contributed by atoms with van der Waals surface area (Å²) in [6, 6.07) is 15.4. The van der Waals surface area contributed by atoms with Crippen molar-refractivity contribution in [3.63, 3.8) is 0 Å². The van der Waals surface area contributed by atoms with Gasteiger partial charge in [-0.15, -0.1) is 0 Å². The lowest BCUT2D eigenvalue weighted by Gasteiger charge is -2.10. The largest absolute Gasteiger partial charge is 0.457 e. The number of benzene rings is 2. The first-order valence-electron chi connectivity index (χ1n) is 6.14. The smallest absolute Gasteiger partial charge is 0.136 e. The number of hydrogen-bond donors (Lipinski definition) is 0. The van der Waals surface area contributed by atoms with E-state index >= 15 is 0 Å². The lowest BCUT2D eigenvalue weighted by Crippen LogP contribution is -1.88. The zero-order valence-corrected chi connectivity index (χ0v) is 12.9. The van der Waals surface area contributed by atoms with Crippen LogP contribution in [0, 0.1) is 0 Å². The standard InChI is InChI=1S/C16H11BrClNO/c17-10-11-6-7-12(9-14(11)18)20-16-5-1-4-15-13(16)3-2-8-19-15/h1-9H,10H2. The normalized spacial score (nSPS) is 10.7. The summed E-state index contributed by atoms with van der Waals surface area (Å²) in [5.41, 5.74) is 1.95. The van der Waals surface area contributed by atoms with Crippen LogP contribution in [0.1, 0.15) is 5.56 Å². The fraction of sp³-hybridized carbons (Fsp3) is 0.0625. The van der Waals surface area contributed by atoms with Crippen LogP contribution in [0.4, 0.5) is 0 Å². The molecule has 0 aliphatic carbocycles. The third-order valence-corrected chi connectivity index (χ3v) is 3.96. The molecule has 0 saturated heterocycles. The molecule has 3 rings (SSSR count). The van der Waals surface area contributed by atoms with Gasteiger partial charge in [-0.25, -0.2) is 0 Å². The van der Waals surface area contributed by atoms with E-state index in [2.05, 4.69) is 20.9 Å². The van der Waals surface area contributed by atoms with Crippen LogP contribution in [-0.4, -0.2) is 4.98 Å². The lowest BCUT2D eigenvalue weighted by atomic mass is 10.2. The van der Waals surface area contributed by atoms with E-state index in [0.29, 0.717) is 5.02 Å². The molecule has 0 unspecified atom stereocenters. The molecule has 20 heavy (non-hydrogen) atoms. The molecule has 1 aromatic heterocycles. The van der Waals surface area contributed by atoms with Gasteiger partial charge in [0.25, 0.3) is 0 Å². The molecule has 4 heteroatoms. The van der Waals surface area contributed by atoms with Gasteiger partial charge in [0.05, 0.1) is 5.52 Å². The first kappa shape index (κ1) is 13.4. The third-order valence-electron chi connectivity index (χ3n) is 3.00. The van der Waals surface area contributed by atoms with Crippen molar-refractivity contribution in [2.24, 2.45) is 0 Å². The number of fused-ring (bicyclic) bond motifs is 1. The predicted octanol–water partition coefficient (Wildman–Crippen LogP) is 5.58. The number of aromatic nitrogens is 1. The van der Waals surface area contributed by atoms with Gasteiger partial charge in [0.15, 0.2) is 0 Å². The van der Waals surface area contributed by atoms with E-state index in [4.69, 9.17) is 16.3 Å². The lowest BCUT2D eigenvalue weighted by molar-refractivity contribution is 0.488. The first-order chi connectivity index (χ1) is 9.78. The van der Waals surface area contributed by atoms with Gasteiger partial charge >= 0.3 is 0 Å². The summed E-state index contributed by atoms with van der Waals surface area (Å²) in [6.07, 6.45) is 1.77. The molecule has 0 aliphatic heterocycles. The van der Waals surface area contributed by atoms with Crippen molar-refractivity contribution in [2.75, 3.05) is 0 Å². The molecule has 2 aromatic carbocycles. The van der Waals surface area contributed by atoms with Crippen LogP contribution < -0.4 is 4.74 Å². The Balaban J connectivity index is 1.99. The van der Waals surface area contributed by atoms with E-state index in [-0.39, 0.29) is 0 Å². The van der Waals surface area contributed by atoms with Crippen LogP contribution >= 0.6 is 27.5 Å². The number of pyridine rings is 1. The molecule has 0 atom stereocenters. The summed E-state index contributed by atoms with van der Waals surface area (Å²) in [5.74, 6) is 1.49. The van der Waals surface area contributed by atoms with Crippen LogP contribution in [0.15, 0.2) is 54.7 Å². The summed E-state index contributed by atoms with van der Waals surface area (Å²) in [4.78, 5) is 4.32. The minimum Gasteiger partial charge on any atom is -0.457 e. The van der Waals surface area contributed by atoms with Crippen molar-refractivity contribution in [1.82, 2.24) is 4.98 Å². The van der Waals surface area contributed by atoms with E-state index in [1.54, 1.807) is 6.20 Å². The highest BCUT2D eigenvalue weighted by Crippen LogP contribution is 2.31. The second kappa shape index (κ2) is 5.81. The van der Waals surface area contributed by atoms with Crippen LogP contribution in [-0.2, 0) is 5.33 Å². The van der Waals surface area contributed by atoms with E-state index in [9.17, 15) is 0 Å². The molecule has 0 bridgehead atoms. The predicted molar refractivity (Wildman–Crippen MR) is 85.9 cm³/mol. The number of alkyl halides is 1. The van der Waals surface area contributed by atoms with Gasteiger partial charge in [0.1, 0.15) is 11.5 Å². The molecule has 0 amide bonds. The number of rotatable bonds is 3. The second-order valence-electron chi connectivity index (χ2n) is 4.32. The maximum absolute atomic E-state index is 6.19. The molecule has 0 N–H and O–H groups in total. The molecule has 0 saturated carbocycles. The topological polar surface area (TPSA) is 22.1 Å². The number of hydrogen-bond acceptors (Lipinski definition) is 2. The number of ether oxygens (including phenoxy) is 1. The van der Waals surface area contributed by atoms with Gasteiger partial charge in [-0.05, 0) is 42.0 Å². The molecule has 0 fully saturated rings. The van der Waals surface area contributed by atoms with Crippen LogP contribution in [0.25, 0.3) is 10.9 Å². The van der Waals surface area contributed by atoms with Gasteiger partial charge in [-0.1, -0.05) is 39.7 Å². The summed E-state index contributed by atoms with van der Waals surface area (Å²) < 4.78 is 5.93. The maximum atomic E-state index is 6.19. The van der Waals surface area contributed by atoms with Crippen LogP contribution in [0.2, 0.25) is 5.02 Å². The summed E-state index contributed by atoms with van der Waals surface area (Å²) in [7, 11) is 0. The molecule has 3 aromatic rings. The molecular formula is C16H11BrClNO. The van der Waals surface area contributed by atoms with Crippen LogP contribution in [0.3, 0.4) is 0 Å². The quantitative estimate of drug-likeness (QED) is 0.577. The van der Waals surface area contributed by atoms with Gasteiger partial charge in [0, 0.05) is 21.9 Å². The Morgan fingerprint density at radius 1 is 1.10 bits per heavy atom. The monoisotopic (exact) mass is 347 g/mol. The summed E-state index contributed by atoms with van der Waals surface area (Å²) in [5, 5.41) is 2.40. The Hall–Kier alpha value is -1.58. The van der Waals surface area contributed by atoms with Crippen molar-refractivity contribution < 1.29 is 4.74 Å². The zero-order valence-electron chi connectivity index (χ0n) is 10.5. The van der Waals surface area contributed by atoms with Gasteiger partial charge < -0.3 is 4.74 Å². The molecule has 100 valence electrons. The van der Waals surface area contributed by atoms with Crippen LogP contribution in [0.5, 0.6) is 11.5 Å². The van der Waals surface area contributed by atoms with Crippen molar-refractivity contribution in [3.05, 3.63) is 65.3 Å². The Kier molecular flexibility index (Phi) is 3.90. The van der Waals surface area contributed by atoms with E-state index in [1.807, 2.05) is 48.5 Å². The van der Waals surface area contributed by atoms with Gasteiger partial charge in [-0.2, -0.15) is 0 Å². The third kappa shape index (κ3) is 2.65. The van der Waals surface area contributed by atoms with Crippen molar-refractivity contribution in [2.45, 2.75) is 5.33 Å². The average molecular weight is 349 g/mol. The zero-order chi connectivity index (χ0) is 13.9. The molecular weight excluding hydrogens is 338 g/mol. The molecule has 0 radical (unpaired) electrons. The SMILES string of the molecule is Clc1cc(Oc2cccc3ncccc23)ccc1CBr. The Morgan fingerprint density at radius 3 is 2.80 bits per heavy atom. The number of halogens is 2. The Labute approximate surface area is 130 Å². The highest BCUT2D eigenvalue weighted by molar-refractivity contribution is 9.08.